The van der Waals surface area contributed by atoms with Gasteiger partial charge >= 0.3 is 0 Å². The van der Waals surface area contributed by atoms with Crippen molar-refractivity contribution in [1.29, 1.82) is 0 Å². The third-order valence-electron chi connectivity index (χ3n) is 5.43. The molecule has 2 aliphatic rings. The van der Waals surface area contributed by atoms with Crippen molar-refractivity contribution < 1.29 is 9.53 Å². The highest BCUT2D eigenvalue weighted by Gasteiger charge is 2.25. The Bertz CT molecular complexity index is 780. The highest BCUT2D eigenvalue weighted by Crippen LogP contribution is 2.22. The Morgan fingerprint density at radius 1 is 1.14 bits per heavy atom. The van der Waals surface area contributed by atoms with E-state index >= 15 is 0 Å². The first kappa shape index (κ1) is 19.7. The van der Waals surface area contributed by atoms with E-state index in [9.17, 15) is 4.79 Å². The molecule has 4 rings (SSSR count). The van der Waals surface area contributed by atoms with Crippen LogP contribution in [0.3, 0.4) is 0 Å². The van der Waals surface area contributed by atoms with Gasteiger partial charge in [-0.1, -0.05) is 19.3 Å². The maximum atomic E-state index is 12.4. The summed E-state index contributed by atoms with van der Waals surface area (Å²) >= 11 is 0. The molecule has 1 saturated carbocycles. The molecule has 8 nitrogen and oxygen atoms in total. The van der Waals surface area contributed by atoms with Crippen LogP contribution in [-0.2, 0) is 9.53 Å². The van der Waals surface area contributed by atoms with Crippen LogP contribution in [-0.4, -0.2) is 58.0 Å². The van der Waals surface area contributed by atoms with Crippen molar-refractivity contribution in [3.63, 3.8) is 0 Å². The van der Waals surface area contributed by atoms with E-state index in [0.717, 1.165) is 30.8 Å². The number of ether oxygens (including phenoxy) is 1. The summed E-state index contributed by atoms with van der Waals surface area (Å²) in [4.78, 5) is 27.4. The maximum absolute atomic E-state index is 12.4. The van der Waals surface area contributed by atoms with Crippen molar-refractivity contribution in [2.24, 2.45) is 0 Å². The molecule has 2 aromatic rings. The number of pyridine rings is 1. The lowest BCUT2D eigenvalue weighted by atomic mass is 9.95. The summed E-state index contributed by atoms with van der Waals surface area (Å²) in [5.41, 5.74) is 1.68. The van der Waals surface area contributed by atoms with Crippen LogP contribution in [0.5, 0.6) is 0 Å². The Labute approximate surface area is 171 Å². The van der Waals surface area contributed by atoms with Gasteiger partial charge in [-0.25, -0.2) is 9.97 Å². The molecule has 3 heterocycles. The van der Waals surface area contributed by atoms with Gasteiger partial charge in [-0.05, 0) is 31.0 Å². The fourth-order valence-corrected chi connectivity index (χ4v) is 3.91. The number of carbonyl (C=O) groups excluding carboxylic acids is 1. The second kappa shape index (κ2) is 9.76. The van der Waals surface area contributed by atoms with E-state index in [1.54, 1.807) is 24.7 Å². The van der Waals surface area contributed by atoms with Gasteiger partial charge in [-0.3, -0.25) is 14.7 Å². The normalized spacial score (nSPS) is 20.9. The van der Waals surface area contributed by atoms with Crippen LogP contribution in [0.1, 0.15) is 43.9 Å². The Morgan fingerprint density at radius 3 is 2.72 bits per heavy atom. The van der Waals surface area contributed by atoms with Crippen molar-refractivity contribution in [1.82, 2.24) is 25.2 Å². The molecule has 1 aliphatic carbocycles. The third-order valence-corrected chi connectivity index (χ3v) is 5.43. The second-order valence-electron chi connectivity index (χ2n) is 7.67. The van der Waals surface area contributed by atoms with Crippen LogP contribution in [0.2, 0.25) is 0 Å². The number of amides is 1. The molecule has 0 radical (unpaired) electrons. The number of aromatic nitrogens is 3. The Kier molecular flexibility index (Phi) is 6.63. The molecule has 0 aromatic carbocycles. The predicted molar refractivity (Wildman–Crippen MR) is 110 cm³/mol. The van der Waals surface area contributed by atoms with E-state index in [1.807, 2.05) is 12.1 Å². The standard InChI is InChI=1S/C21H28N6O2/c28-20(25-16-5-2-1-3-6-16)15-27-11-12-29-19(14-27)18-8-7-17(13-24-18)26-21-22-9-4-10-23-21/h4,7-10,13,16,19H,1-3,5-6,11-12,14-15H2,(H,25,28)(H,22,23,26)/t19-/m1/s1. The lowest BCUT2D eigenvalue weighted by Crippen LogP contribution is -2.46. The molecule has 29 heavy (non-hydrogen) atoms. The maximum Gasteiger partial charge on any atom is 0.234 e. The zero-order valence-corrected chi connectivity index (χ0v) is 16.6. The first-order chi connectivity index (χ1) is 14.3. The van der Waals surface area contributed by atoms with Gasteiger partial charge in [0.15, 0.2) is 0 Å². The molecular weight excluding hydrogens is 368 g/mol. The lowest BCUT2D eigenvalue weighted by molar-refractivity contribution is -0.125. The largest absolute Gasteiger partial charge is 0.369 e. The van der Waals surface area contributed by atoms with E-state index in [2.05, 4.69) is 30.5 Å². The molecule has 8 heteroatoms. The number of anilines is 2. The topological polar surface area (TPSA) is 92.3 Å². The summed E-state index contributed by atoms with van der Waals surface area (Å²) < 4.78 is 5.90. The number of nitrogens with one attached hydrogen (secondary N) is 2. The van der Waals surface area contributed by atoms with Crippen LogP contribution < -0.4 is 10.6 Å². The van der Waals surface area contributed by atoms with Gasteiger partial charge < -0.3 is 15.4 Å². The van der Waals surface area contributed by atoms with Gasteiger partial charge in [0.05, 0.1) is 30.7 Å². The summed E-state index contributed by atoms with van der Waals surface area (Å²) in [7, 11) is 0. The van der Waals surface area contributed by atoms with Gasteiger partial charge in [0.1, 0.15) is 6.10 Å². The monoisotopic (exact) mass is 396 g/mol. The number of hydrogen-bond acceptors (Lipinski definition) is 7. The fourth-order valence-electron chi connectivity index (χ4n) is 3.91. The number of nitrogens with zero attached hydrogens (tertiary/aromatic N) is 4. The van der Waals surface area contributed by atoms with E-state index in [-0.39, 0.29) is 12.0 Å². The fraction of sp³-hybridized carbons (Fsp3) is 0.524. The van der Waals surface area contributed by atoms with Gasteiger partial charge in [0.2, 0.25) is 11.9 Å². The summed E-state index contributed by atoms with van der Waals surface area (Å²) in [5, 5.41) is 6.31. The van der Waals surface area contributed by atoms with Crippen LogP contribution in [0.4, 0.5) is 11.6 Å². The number of carbonyl (C=O) groups is 1. The zero-order chi connectivity index (χ0) is 19.9. The zero-order valence-electron chi connectivity index (χ0n) is 16.6. The van der Waals surface area contributed by atoms with Crippen molar-refractivity contribution in [2.75, 3.05) is 31.6 Å². The first-order valence-electron chi connectivity index (χ1n) is 10.4. The number of morpholine rings is 1. The molecule has 0 unspecified atom stereocenters. The predicted octanol–water partition coefficient (Wildman–Crippen LogP) is 2.44. The second-order valence-corrected chi connectivity index (χ2v) is 7.67. The number of hydrogen-bond donors (Lipinski definition) is 2. The quantitative estimate of drug-likeness (QED) is 0.775. The molecule has 1 amide bonds. The molecular formula is C21H28N6O2. The summed E-state index contributed by atoms with van der Waals surface area (Å²) in [6, 6.07) is 6.01. The molecule has 0 spiro atoms. The molecule has 2 fully saturated rings. The van der Waals surface area contributed by atoms with Gasteiger partial charge in [0.25, 0.3) is 0 Å². The van der Waals surface area contributed by atoms with E-state index < -0.39 is 0 Å². The van der Waals surface area contributed by atoms with E-state index in [0.29, 0.717) is 31.7 Å². The highest BCUT2D eigenvalue weighted by molar-refractivity contribution is 5.78. The minimum Gasteiger partial charge on any atom is -0.369 e. The average Bonchev–Trinajstić information content (AvgIpc) is 2.76. The summed E-state index contributed by atoms with van der Waals surface area (Å²) in [5.74, 6) is 0.652. The average molecular weight is 396 g/mol. The Morgan fingerprint density at radius 2 is 1.97 bits per heavy atom. The smallest absolute Gasteiger partial charge is 0.234 e. The van der Waals surface area contributed by atoms with Crippen LogP contribution >= 0.6 is 0 Å². The van der Waals surface area contributed by atoms with E-state index in [4.69, 9.17) is 4.74 Å². The Hall–Kier alpha value is -2.58. The minimum atomic E-state index is -0.131. The van der Waals surface area contributed by atoms with Crippen LogP contribution in [0.15, 0.2) is 36.8 Å². The van der Waals surface area contributed by atoms with Crippen LogP contribution in [0.25, 0.3) is 0 Å². The molecule has 0 bridgehead atoms. The van der Waals surface area contributed by atoms with Crippen molar-refractivity contribution in [3.8, 4) is 0 Å². The molecule has 1 atom stereocenters. The van der Waals surface area contributed by atoms with Crippen LogP contribution in [0, 0.1) is 0 Å². The van der Waals surface area contributed by atoms with E-state index in [1.165, 1.54) is 19.3 Å². The SMILES string of the molecule is O=C(CN1CCO[C@@H](c2ccc(Nc3ncccn3)cn2)C1)NC1CCCCC1. The summed E-state index contributed by atoms with van der Waals surface area (Å²) in [6.07, 6.45) is 10.9. The van der Waals surface area contributed by atoms with Crippen molar-refractivity contribution in [2.45, 2.75) is 44.2 Å². The number of rotatable bonds is 6. The molecule has 1 saturated heterocycles. The molecule has 2 N–H and O–H groups in total. The molecule has 1 aliphatic heterocycles. The van der Waals surface area contributed by atoms with Crippen molar-refractivity contribution in [3.05, 3.63) is 42.5 Å². The highest BCUT2D eigenvalue weighted by atomic mass is 16.5. The lowest BCUT2D eigenvalue weighted by Gasteiger charge is -2.32. The van der Waals surface area contributed by atoms with Gasteiger partial charge in [-0.15, -0.1) is 0 Å². The molecule has 154 valence electrons. The Balaban J connectivity index is 1.29. The van der Waals surface area contributed by atoms with Gasteiger partial charge in [0, 0.05) is 31.5 Å². The van der Waals surface area contributed by atoms with Crippen molar-refractivity contribution >= 4 is 17.5 Å². The van der Waals surface area contributed by atoms with Gasteiger partial charge in [-0.2, -0.15) is 0 Å². The summed E-state index contributed by atoms with van der Waals surface area (Å²) in [6.45, 7) is 2.45. The minimum absolute atomic E-state index is 0.118. The first-order valence-corrected chi connectivity index (χ1v) is 10.4. The third kappa shape index (κ3) is 5.71. The molecule has 2 aromatic heterocycles.